The normalized spacial score (nSPS) is 11.5. The fourth-order valence-corrected chi connectivity index (χ4v) is 3.58. The quantitative estimate of drug-likeness (QED) is 0.277. The fourth-order valence-electron chi connectivity index (χ4n) is 3.58. The van der Waals surface area contributed by atoms with Gasteiger partial charge in [-0.25, -0.2) is 24.3 Å². The molecule has 37 heavy (non-hydrogen) atoms. The number of carbonyl (C=O) groups is 1. The van der Waals surface area contributed by atoms with E-state index in [2.05, 4.69) is 40.5 Å². The maximum absolute atomic E-state index is 14.2. The van der Waals surface area contributed by atoms with Crippen LogP contribution >= 0.6 is 0 Å². The highest BCUT2D eigenvalue weighted by Gasteiger charge is 2.31. The summed E-state index contributed by atoms with van der Waals surface area (Å²) in [6, 6.07) is 7.57. The molecule has 5 aromatic rings. The highest BCUT2D eigenvalue weighted by molar-refractivity contribution is 6.03. The predicted molar refractivity (Wildman–Crippen MR) is 127 cm³/mol. The molecule has 3 N–H and O–H groups in total. The molecule has 5 rings (SSSR count). The molecule has 0 fully saturated rings. The van der Waals surface area contributed by atoms with Gasteiger partial charge >= 0.3 is 6.18 Å². The van der Waals surface area contributed by atoms with Gasteiger partial charge < -0.3 is 15.6 Å². The van der Waals surface area contributed by atoms with E-state index in [1.54, 1.807) is 25.1 Å². The third-order valence-corrected chi connectivity index (χ3v) is 5.40. The zero-order valence-electron chi connectivity index (χ0n) is 18.9. The second-order valence-corrected chi connectivity index (χ2v) is 7.91. The van der Waals surface area contributed by atoms with Gasteiger partial charge in [0.1, 0.15) is 34.9 Å². The van der Waals surface area contributed by atoms with Crippen LogP contribution in [0.4, 0.5) is 34.8 Å². The van der Waals surface area contributed by atoms with Crippen LogP contribution in [0.5, 0.6) is 0 Å². The Morgan fingerprint density at radius 3 is 2.65 bits per heavy atom. The summed E-state index contributed by atoms with van der Waals surface area (Å²) in [6.07, 6.45) is 0.0989. The van der Waals surface area contributed by atoms with Crippen LogP contribution in [0.25, 0.3) is 22.4 Å². The largest absolute Gasteiger partial charge is 0.416 e. The lowest BCUT2D eigenvalue weighted by molar-refractivity contribution is -0.137. The molecule has 0 aliphatic heterocycles. The zero-order chi connectivity index (χ0) is 26.2. The van der Waals surface area contributed by atoms with Gasteiger partial charge in [-0.2, -0.15) is 13.2 Å². The van der Waals surface area contributed by atoms with Crippen LogP contribution in [0.2, 0.25) is 0 Å². The van der Waals surface area contributed by atoms with E-state index in [4.69, 9.17) is 0 Å². The standard InChI is InChI=1S/C24H16F4N8O/c1-12-2-3-15(35-23(37)18-6-13(4-5-29-18)24(26,27)28)8-17(12)36-21-16(7-14(25)9-30-21)19-20-22(33-10-31-19)34-11-32-20/h2-11H,1H3,(H,30,36)(H,35,37)(H,31,32,33,34). The van der Waals surface area contributed by atoms with Crippen LogP contribution in [0.15, 0.2) is 61.4 Å². The molecule has 9 nitrogen and oxygen atoms in total. The van der Waals surface area contributed by atoms with Gasteiger partial charge in [0.25, 0.3) is 5.91 Å². The van der Waals surface area contributed by atoms with Gasteiger partial charge in [0.15, 0.2) is 5.65 Å². The SMILES string of the molecule is Cc1ccc(NC(=O)c2cc(C(F)(F)F)ccn2)cc1Nc1ncc(F)cc1-c1ncnc2nc[nH]c12. The minimum absolute atomic E-state index is 0.266. The molecule has 4 aromatic heterocycles. The summed E-state index contributed by atoms with van der Waals surface area (Å²) in [7, 11) is 0. The number of alkyl halides is 3. The molecule has 4 heterocycles. The molecule has 13 heteroatoms. The summed E-state index contributed by atoms with van der Waals surface area (Å²) in [5.41, 5.74) is 1.76. The molecule has 1 amide bonds. The van der Waals surface area contributed by atoms with Crippen molar-refractivity contribution in [1.29, 1.82) is 0 Å². The molecular formula is C24H16F4N8O. The van der Waals surface area contributed by atoms with Crippen molar-refractivity contribution in [3.8, 4) is 11.3 Å². The third-order valence-electron chi connectivity index (χ3n) is 5.40. The van der Waals surface area contributed by atoms with Gasteiger partial charge in [0.05, 0.1) is 18.1 Å². The Bertz CT molecular complexity index is 1630. The Balaban J connectivity index is 1.45. The van der Waals surface area contributed by atoms with E-state index in [9.17, 15) is 22.4 Å². The molecular weight excluding hydrogens is 492 g/mol. The van der Waals surface area contributed by atoms with Crippen molar-refractivity contribution in [1.82, 2.24) is 29.9 Å². The number of amides is 1. The fraction of sp³-hybridized carbons (Fsp3) is 0.0833. The first-order chi connectivity index (χ1) is 17.7. The molecule has 0 aliphatic carbocycles. The van der Waals surface area contributed by atoms with Crippen LogP contribution in [-0.4, -0.2) is 35.8 Å². The zero-order valence-corrected chi connectivity index (χ0v) is 18.9. The Hall–Kier alpha value is -4.94. The maximum Gasteiger partial charge on any atom is 0.416 e. The van der Waals surface area contributed by atoms with Crippen molar-refractivity contribution in [2.75, 3.05) is 10.6 Å². The second-order valence-electron chi connectivity index (χ2n) is 7.91. The number of benzene rings is 1. The second kappa shape index (κ2) is 9.26. The summed E-state index contributed by atoms with van der Waals surface area (Å²) in [4.78, 5) is 35.8. The van der Waals surface area contributed by atoms with Crippen molar-refractivity contribution in [2.24, 2.45) is 0 Å². The number of H-pyrrole nitrogens is 1. The lowest BCUT2D eigenvalue weighted by Crippen LogP contribution is -2.16. The summed E-state index contributed by atoms with van der Waals surface area (Å²) in [5.74, 6) is -1.13. The van der Waals surface area contributed by atoms with Gasteiger partial charge in [-0.15, -0.1) is 0 Å². The van der Waals surface area contributed by atoms with Crippen LogP contribution in [0.3, 0.4) is 0 Å². The Kier molecular flexibility index (Phi) is 5.95. The lowest BCUT2D eigenvalue weighted by atomic mass is 10.1. The number of aromatic nitrogens is 6. The van der Waals surface area contributed by atoms with E-state index < -0.39 is 23.5 Å². The number of hydrogen-bond donors (Lipinski definition) is 3. The highest BCUT2D eigenvalue weighted by atomic mass is 19.4. The van der Waals surface area contributed by atoms with Crippen molar-refractivity contribution in [2.45, 2.75) is 13.1 Å². The van der Waals surface area contributed by atoms with E-state index in [0.717, 1.165) is 24.0 Å². The molecule has 1 aromatic carbocycles. The molecule has 0 bridgehead atoms. The first kappa shape index (κ1) is 23.8. The van der Waals surface area contributed by atoms with E-state index >= 15 is 0 Å². The number of aromatic amines is 1. The molecule has 186 valence electrons. The average Bonchev–Trinajstić information content (AvgIpc) is 3.36. The molecule has 0 radical (unpaired) electrons. The maximum atomic E-state index is 14.2. The first-order valence-electron chi connectivity index (χ1n) is 10.7. The molecule has 0 aliphatic rings. The third kappa shape index (κ3) is 4.91. The molecule has 0 spiro atoms. The number of rotatable bonds is 5. The summed E-state index contributed by atoms with van der Waals surface area (Å²) >= 11 is 0. The minimum atomic E-state index is -4.61. The smallest absolute Gasteiger partial charge is 0.341 e. The highest BCUT2D eigenvalue weighted by Crippen LogP contribution is 2.33. The molecule has 0 saturated heterocycles. The van der Waals surface area contributed by atoms with Gasteiger partial charge in [-0.3, -0.25) is 9.78 Å². The van der Waals surface area contributed by atoms with Crippen molar-refractivity contribution in [3.63, 3.8) is 0 Å². The van der Waals surface area contributed by atoms with Crippen molar-refractivity contribution < 1.29 is 22.4 Å². The van der Waals surface area contributed by atoms with E-state index in [0.29, 0.717) is 39.9 Å². The number of pyridine rings is 2. The Morgan fingerprint density at radius 2 is 1.84 bits per heavy atom. The number of aryl methyl sites for hydroxylation is 1. The van der Waals surface area contributed by atoms with E-state index in [1.807, 2.05) is 0 Å². The number of nitrogens with zero attached hydrogens (tertiary/aromatic N) is 5. The van der Waals surface area contributed by atoms with E-state index in [1.165, 1.54) is 18.7 Å². The molecule has 0 saturated carbocycles. The summed E-state index contributed by atoms with van der Waals surface area (Å²) in [5, 5.41) is 5.66. The number of carbonyl (C=O) groups excluding carboxylic acids is 1. The van der Waals surface area contributed by atoms with Gasteiger partial charge in [-0.1, -0.05) is 6.07 Å². The van der Waals surface area contributed by atoms with Crippen molar-refractivity contribution in [3.05, 3.63) is 84.1 Å². The Morgan fingerprint density at radius 1 is 1.00 bits per heavy atom. The summed E-state index contributed by atoms with van der Waals surface area (Å²) < 4.78 is 53.2. The number of nitrogens with one attached hydrogen (secondary N) is 3. The van der Waals surface area contributed by atoms with Crippen LogP contribution in [-0.2, 0) is 6.18 Å². The van der Waals surface area contributed by atoms with Crippen LogP contribution < -0.4 is 10.6 Å². The lowest BCUT2D eigenvalue weighted by Gasteiger charge is -2.15. The number of fused-ring (bicyclic) bond motifs is 1. The van der Waals surface area contributed by atoms with Crippen LogP contribution in [0.1, 0.15) is 21.6 Å². The Labute approximate surface area is 206 Å². The van der Waals surface area contributed by atoms with Gasteiger partial charge in [0, 0.05) is 23.1 Å². The number of anilines is 3. The number of halogens is 4. The summed E-state index contributed by atoms with van der Waals surface area (Å²) in [6.45, 7) is 1.79. The molecule has 0 unspecified atom stereocenters. The molecule has 0 atom stereocenters. The topological polar surface area (TPSA) is 121 Å². The van der Waals surface area contributed by atoms with Crippen molar-refractivity contribution >= 4 is 34.3 Å². The monoisotopic (exact) mass is 508 g/mol. The first-order valence-corrected chi connectivity index (χ1v) is 10.7. The number of imidazole rings is 1. The predicted octanol–water partition coefficient (Wildman–Crippen LogP) is 5.27. The average molecular weight is 508 g/mol. The van der Waals surface area contributed by atoms with Gasteiger partial charge in [-0.05, 0) is 42.8 Å². The minimum Gasteiger partial charge on any atom is -0.341 e. The van der Waals surface area contributed by atoms with E-state index in [-0.39, 0.29) is 11.5 Å². The van der Waals surface area contributed by atoms with Crippen LogP contribution in [0, 0.1) is 12.7 Å². The number of hydrogen-bond acceptors (Lipinski definition) is 7. The van der Waals surface area contributed by atoms with Gasteiger partial charge in [0.2, 0.25) is 0 Å².